The average Bonchev–Trinajstić information content (AvgIpc) is 3.86. The molecule has 0 spiro atoms. The van der Waals surface area contributed by atoms with Crippen LogP contribution in [-0.2, 0) is 25.3 Å². The van der Waals surface area contributed by atoms with Crippen molar-refractivity contribution in [1.29, 1.82) is 0 Å². The SMILES string of the molecule is CCOC(=O)c1ccc(N2C(=O)C3C4CC(C3C2=O)C2C4Sc3[nH]c(=O)sc3[C@@H]2c2cc(Cl)ccc2OCC(=O)Nc2cccc(C(F)(F)F)c2)cc1. The minimum absolute atomic E-state index is 0.0464. The van der Waals surface area contributed by atoms with E-state index in [9.17, 15) is 37.1 Å². The molecule has 2 aliphatic carbocycles. The van der Waals surface area contributed by atoms with Gasteiger partial charge in [0.05, 0.1) is 40.3 Å². The third-order valence-corrected chi connectivity index (χ3v) is 13.3. The number of thioether (sulfide) groups is 1. The number of benzene rings is 3. The Morgan fingerprint density at radius 1 is 1.00 bits per heavy atom. The molecule has 2 saturated carbocycles. The first kappa shape index (κ1) is 35.4. The van der Waals surface area contributed by atoms with Crippen molar-refractivity contribution in [3.63, 3.8) is 0 Å². The van der Waals surface area contributed by atoms with Gasteiger partial charge in [0, 0.05) is 32.3 Å². The minimum Gasteiger partial charge on any atom is -0.483 e. The number of rotatable bonds is 8. The van der Waals surface area contributed by atoms with E-state index < -0.39 is 48.0 Å². The maximum absolute atomic E-state index is 14.2. The zero-order valence-corrected chi connectivity index (χ0v) is 30.0. The molecular weight excluding hydrogens is 755 g/mol. The molecule has 2 N–H and O–H groups in total. The highest BCUT2D eigenvalue weighted by Gasteiger charge is 2.70. The first-order chi connectivity index (χ1) is 25.3. The fourth-order valence-electron chi connectivity index (χ4n) is 8.59. The first-order valence-corrected chi connectivity index (χ1v) is 18.9. The van der Waals surface area contributed by atoms with E-state index in [2.05, 4.69) is 10.3 Å². The van der Waals surface area contributed by atoms with E-state index in [0.29, 0.717) is 33.3 Å². The lowest BCUT2D eigenvalue weighted by molar-refractivity contribution is -0.137. The van der Waals surface area contributed by atoms with Crippen molar-refractivity contribution >= 4 is 69.8 Å². The Labute approximate surface area is 313 Å². The lowest BCUT2D eigenvalue weighted by Crippen LogP contribution is -2.42. The Kier molecular flexibility index (Phi) is 8.93. The second-order valence-electron chi connectivity index (χ2n) is 13.3. The molecule has 4 aromatic rings. The molecule has 6 unspecified atom stereocenters. The predicted molar refractivity (Wildman–Crippen MR) is 190 cm³/mol. The largest absolute Gasteiger partial charge is 0.483 e. The monoisotopic (exact) mass is 783 g/mol. The summed E-state index contributed by atoms with van der Waals surface area (Å²) >= 11 is 9.09. The van der Waals surface area contributed by atoms with Crippen LogP contribution in [0.3, 0.4) is 0 Å². The van der Waals surface area contributed by atoms with Gasteiger partial charge in [-0.15, -0.1) is 11.8 Å². The Hall–Kier alpha value is -4.60. The molecule has 16 heteroatoms. The topological polar surface area (TPSA) is 135 Å². The molecule has 8 rings (SSSR count). The summed E-state index contributed by atoms with van der Waals surface area (Å²) in [6.45, 7) is 1.37. The summed E-state index contributed by atoms with van der Waals surface area (Å²) < 4.78 is 50.8. The summed E-state index contributed by atoms with van der Waals surface area (Å²) in [5.74, 6) is -3.83. The molecule has 1 aromatic heterocycles. The number of fused-ring (bicyclic) bond motifs is 9. The predicted octanol–water partition coefficient (Wildman–Crippen LogP) is 6.98. The molecular formula is C37H29ClF3N3O7S2. The number of nitrogens with zero attached hydrogens (tertiary/aromatic N) is 1. The second kappa shape index (κ2) is 13.4. The number of anilines is 2. The number of thiazole rings is 1. The number of amides is 3. The number of nitrogens with one attached hydrogen (secondary N) is 2. The molecule has 10 nitrogen and oxygen atoms in total. The fraction of sp³-hybridized carbons (Fsp3) is 0.324. The molecule has 2 bridgehead atoms. The van der Waals surface area contributed by atoms with E-state index in [1.54, 1.807) is 37.3 Å². The Bertz CT molecular complexity index is 2230. The third-order valence-electron chi connectivity index (χ3n) is 10.5. The van der Waals surface area contributed by atoms with Gasteiger partial charge in [0.25, 0.3) is 5.91 Å². The number of hydrogen-bond acceptors (Lipinski definition) is 9. The highest BCUT2D eigenvalue weighted by molar-refractivity contribution is 8.00. The minimum atomic E-state index is -4.58. The normalized spacial score (nSPS) is 25.5. The van der Waals surface area contributed by atoms with Crippen LogP contribution in [0.2, 0.25) is 5.02 Å². The molecule has 3 fully saturated rings. The number of H-pyrrole nitrogens is 1. The lowest BCUT2D eigenvalue weighted by atomic mass is 9.68. The van der Waals surface area contributed by atoms with Crippen molar-refractivity contribution in [1.82, 2.24) is 4.98 Å². The van der Waals surface area contributed by atoms with Crippen LogP contribution in [0, 0.1) is 29.6 Å². The number of halogens is 4. The highest BCUT2D eigenvalue weighted by Crippen LogP contribution is 2.69. The quantitative estimate of drug-likeness (QED) is 0.145. The molecule has 3 aromatic carbocycles. The van der Waals surface area contributed by atoms with E-state index in [-0.39, 0.29) is 57.7 Å². The Balaban J connectivity index is 1.09. The maximum atomic E-state index is 14.2. The standard InChI is InChI=1S/C37H29ClF3N3O7S2/c1-2-50-35(48)16-6-9-20(10-7-16)44-33(46)28-22-14-23(29(28)34(44)47)30-27(22)26(31-32(52-30)43-36(49)53-31)21-13-18(38)8-11-24(21)51-15-25(45)42-19-5-3-4-17(12-19)37(39,40)41/h3-13,22-23,26-30H,2,14-15H2,1H3,(H,42,45)(H,43,49)/t22?,23?,26-,27?,28?,29?,30?/m1/s1. The number of imide groups is 1. The zero-order valence-electron chi connectivity index (χ0n) is 27.6. The van der Waals surface area contributed by atoms with Gasteiger partial charge < -0.3 is 19.8 Å². The maximum Gasteiger partial charge on any atom is 0.416 e. The van der Waals surface area contributed by atoms with Gasteiger partial charge in [-0.1, -0.05) is 29.0 Å². The van der Waals surface area contributed by atoms with Gasteiger partial charge in [0.15, 0.2) is 6.61 Å². The van der Waals surface area contributed by atoms with Crippen molar-refractivity contribution in [2.75, 3.05) is 23.4 Å². The molecule has 274 valence electrons. The number of carbonyl (C=O) groups is 4. The van der Waals surface area contributed by atoms with Crippen LogP contribution in [0.25, 0.3) is 0 Å². The van der Waals surface area contributed by atoms with E-state index in [4.69, 9.17) is 21.1 Å². The first-order valence-electron chi connectivity index (χ1n) is 16.8. The molecule has 3 heterocycles. The van der Waals surface area contributed by atoms with Crippen molar-refractivity contribution in [3.8, 4) is 5.75 Å². The van der Waals surface area contributed by atoms with Crippen molar-refractivity contribution < 1.29 is 41.8 Å². The smallest absolute Gasteiger partial charge is 0.416 e. The number of ether oxygens (including phenoxy) is 2. The van der Waals surface area contributed by atoms with E-state index in [1.807, 2.05) is 0 Å². The van der Waals surface area contributed by atoms with Gasteiger partial charge in [-0.05, 0) is 91.8 Å². The summed E-state index contributed by atoms with van der Waals surface area (Å²) in [5, 5.41) is 3.32. The van der Waals surface area contributed by atoms with Crippen molar-refractivity contribution in [2.45, 2.75) is 35.7 Å². The van der Waals surface area contributed by atoms with Crippen LogP contribution in [0.5, 0.6) is 5.75 Å². The summed E-state index contributed by atoms with van der Waals surface area (Å²) in [5.41, 5.74) is 0.297. The summed E-state index contributed by atoms with van der Waals surface area (Å²) in [4.78, 5) is 70.8. The van der Waals surface area contributed by atoms with Crippen molar-refractivity contribution in [3.05, 3.63) is 103 Å². The number of aromatic nitrogens is 1. The van der Waals surface area contributed by atoms with Crippen LogP contribution in [-0.4, -0.2) is 47.1 Å². The number of hydrogen-bond donors (Lipinski definition) is 2. The third kappa shape index (κ3) is 6.11. The van der Waals surface area contributed by atoms with Gasteiger partial charge in [0.1, 0.15) is 5.75 Å². The van der Waals surface area contributed by atoms with Gasteiger partial charge >= 0.3 is 17.0 Å². The molecule has 7 atom stereocenters. The Morgan fingerprint density at radius 2 is 1.74 bits per heavy atom. The van der Waals surface area contributed by atoms with E-state index >= 15 is 0 Å². The number of esters is 1. The number of alkyl halides is 3. The van der Waals surface area contributed by atoms with Gasteiger partial charge in [-0.25, -0.2) is 4.79 Å². The molecule has 3 amide bonds. The molecule has 0 radical (unpaired) electrons. The van der Waals surface area contributed by atoms with Crippen LogP contribution >= 0.6 is 34.7 Å². The number of carbonyl (C=O) groups excluding carboxylic acids is 4. The molecule has 4 aliphatic rings. The van der Waals surface area contributed by atoms with Gasteiger partial charge in [-0.3, -0.25) is 24.1 Å². The Morgan fingerprint density at radius 3 is 2.45 bits per heavy atom. The fourth-order valence-corrected chi connectivity index (χ4v) is 11.6. The molecule has 53 heavy (non-hydrogen) atoms. The second-order valence-corrected chi connectivity index (χ2v) is 16.0. The molecule has 1 saturated heterocycles. The van der Waals surface area contributed by atoms with Crippen LogP contribution in [0.1, 0.15) is 45.6 Å². The summed E-state index contributed by atoms with van der Waals surface area (Å²) in [7, 11) is 0. The zero-order chi connectivity index (χ0) is 37.3. The highest BCUT2D eigenvalue weighted by atomic mass is 35.5. The summed E-state index contributed by atoms with van der Waals surface area (Å²) in [6.07, 6.45) is -3.96. The van der Waals surface area contributed by atoms with E-state index in [1.165, 1.54) is 40.9 Å². The average molecular weight is 784 g/mol. The van der Waals surface area contributed by atoms with Gasteiger partial charge in [0.2, 0.25) is 11.8 Å². The summed E-state index contributed by atoms with van der Waals surface area (Å²) in [6, 6.07) is 15.3. The van der Waals surface area contributed by atoms with Gasteiger partial charge in [-0.2, -0.15) is 13.2 Å². The van der Waals surface area contributed by atoms with Crippen molar-refractivity contribution in [2.24, 2.45) is 29.6 Å². The lowest BCUT2D eigenvalue weighted by Gasteiger charge is -2.43. The molecule has 2 aliphatic heterocycles. The van der Waals surface area contributed by atoms with Crippen LogP contribution < -0.4 is 19.8 Å². The van der Waals surface area contributed by atoms with Crippen LogP contribution in [0.4, 0.5) is 24.5 Å². The van der Waals surface area contributed by atoms with E-state index in [0.717, 1.165) is 28.3 Å². The van der Waals surface area contributed by atoms with Crippen LogP contribution in [0.15, 0.2) is 76.6 Å². The number of aromatic amines is 1.